The third kappa shape index (κ3) is 22.3. The summed E-state index contributed by atoms with van der Waals surface area (Å²) in [7, 11) is 0. The molecule has 4 aromatic carbocycles. The van der Waals surface area contributed by atoms with E-state index in [0.29, 0.717) is 53.6 Å². The molecule has 4 rings (SSSR count). The van der Waals surface area contributed by atoms with Gasteiger partial charge in [-0.1, -0.05) is 72.8 Å². The number of nitrogens with zero attached hydrogens (tertiary/aromatic N) is 2. The molecular formula is C56H79N15O9. The van der Waals surface area contributed by atoms with Crippen LogP contribution in [0.3, 0.4) is 0 Å². The predicted octanol–water partition coefficient (Wildman–Crippen LogP) is -1.06. The number of hydrogen-bond acceptors (Lipinski definition) is 13. The average Bonchev–Trinajstić information content (AvgIpc) is 3.41. The molecule has 7 amide bonds. The highest BCUT2D eigenvalue weighted by molar-refractivity contribution is 5.97. The van der Waals surface area contributed by atoms with Crippen LogP contribution in [0.15, 0.2) is 107 Å². The standard InChI is InChI=1S/C56H79N15O9/c1-33-27-39(73)28-34(2)40(33)32-47(54(80)66-42(18-9-10-24-57)50(76)68-44(48(59)74)29-35-13-5-3-6-14-35)71-51(77)43(19-12-26-65-56(62)63)67-52(78)46(30-36-15-7-4-8-16-36)70-53(79)45(31-37-20-22-38(72)23-21-37)69-49(75)41(58)17-11-25-64-55(60)61/h3-8,13-16,20-23,27-28,41-47,72-73H,9-12,17-19,24-26,29-32,57-58H2,1-2H3,(H2,59,74)(H,66,80)(H,67,78)(H,68,76)(H,69,75)(H,70,79)(H,71,77)(H4,60,61,64)(H4,62,63,65)/t41-,42+,43+,44+,45-,46-,47+/m0/s1. The van der Waals surface area contributed by atoms with E-state index in [-0.39, 0.29) is 87.9 Å². The van der Waals surface area contributed by atoms with Crippen LogP contribution < -0.4 is 72.0 Å². The van der Waals surface area contributed by atoms with Crippen molar-refractivity contribution >= 4 is 53.3 Å². The Labute approximate surface area is 465 Å². The summed E-state index contributed by atoms with van der Waals surface area (Å²) >= 11 is 0. The van der Waals surface area contributed by atoms with Crippen molar-refractivity contribution in [2.24, 2.45) is 50.1 Å². The lowest BCUT2D eigenvalue weighted by molar-refractivity contribution is -0.135. The van der Waals surface area contributed by atoms with Gasteiger partial charge in [0.1, 0.15) is 47.8 Å². The summed E-state index contributed by atoms with van der Waals surface area (Å²) in [6, 6.07) is 17.6. The SMILES string of the molecule is Cc1cc(O)cc(C)c1C[C@@H](NC(=O)[C@@H](CCCN=C(N)N)NC(=O)[C@H](Cc1ccccc1)NC(=O)[C@H](Cc1ccc(O)cc1)NC(=O)[C@@H](N)CCCN=C(N)N)C(=O)N[C@H](CCCCN)C(=O)N[C@H](Cc1ccccc1)C(N)=O. The van der Waals surface area contributed by atoms with Gasteiger partial charge in [0.25, 0.3) is 0 Å². The van der Waals surface area contributed by atoms with Crippen LogP contribution in [0.2, 0.25) is 0 Å². The monoisotopic (exact) mass is 1110 g/mol. The fourth-order valence-corrected chi connectivity index (χ4v) is 8.74. The zero-order chi connectivity index (χ0) is 58.7. The molecule has 24 heteroatoms. The van der Waals surface area contributed by atoms with Gasteiger partial charge in [0.15, 0.2) is 11.9 Å². The van der Waals surface area contributed by atoms with E-state index >= 15 is 0 Å². The Kier molecular flexibility index (Phi) is 26.2. The number of carbonyl (C=O) groups excluding carboxylic acids is 7. The van der Waals surface area contributed by atoms with E-state index in [1.165, 1.54) is 24.3 Å². The predicted molar refractivity (Wildman–Crippen MR) is 305 cm³/mol. The van der Waals surface area contributed by atoms with Crippen LogP contribution in [0.1, 0.15) is 78.3 Å². The summed E-state index contributed by atoms with van der Waals surface area (Å²) < 4.78 is 0. The van der Waals surface area contributed by atoms with E-state index < -0.39 is 83.6 Å². The highest BCUT2D eigenvalue weighted by Gasteiger charge is 2.34. The average molecular weight is 1110 g/mol. The van der Waals surface area contributed by atoms with E-state index in [4.69, 9.17) is 40.1 Å². The van der Waals surface area contributed by atoms with Crippen LogP contribution >= 0.6 is 0 Å². The van der Waals surface area contributed by atoms with Crippen LogP contribution in [-0.2, 0) is 59.2 Å². The first-order valence-electron chi connectivity index (χ1n) is 26.5. The Morgan fingerprint density at radius 1 is 0.450 bits per heavy atom. The molecule has 0 saturated carbocycles. The van der Waals surface area contributed by atoms with Crippen molar-refractivity contribution in [3.8, 4) is 11.5 Å². The van der Waals surface area contributed by atoms with Crippen molar-refractivity contribution in [3.05, 3.63) is 130 Å². The van der Waals surface area contributed by atoms with Gasteiger partial charge in [0.05, 0.1) is 6.04 Å². The molecule has 0 heterocycles. The minimum Gasteiger partial charge on any atom is -0.508 e. The molecule has 80 heavy (non-hydrogen) atoms. The van der Waals surface area contributed by atoms with E-state index in [2.05, 4.69) is 41.9 Å². The Hall–Kier alpha value is -8.77. The summed E-state index contributed by atoms with van der Waals surface area (Å²) in [6.45, 7) is 3.98. The number of primary amides is 1. The molecule has 0 saturated heterocycles. The molecule has 0 spiro atoms. The van der Waals surface area contributed by atoms with Gasteiger partial charge < -0.3 is 82.2 Å². The number of amides is 7. The molecule has 0 aliphatic heterocycles. The number of guanidine groups is 2. The number of benzene rings is 4. The van der Waals surface area contributed by atoms with Gasteiger partial charge in [-0.2, -0.15) is 0 Å². The first-order chi connectivity index (χ1) is 38.1. The summed E-state index contributed by atoms with van der Waals surface area (Å²) in [5, 5.41) is 37.0. The normalized spacial score (nSPS) is 13.6. The molecular weight excluding hydrogens is 1030 g/mol. The lowest BCUT2D eigenvalue weighted by atomic mass is 9.94. The third-order valence-corrected chi connectivity index (χ3v) is 13.1. The number of unbranched alkanes of at least 4 members (excludes halogenated alkanes) is 1. The number of phenols is 2. The molecule has 0 aromatic heterocycles. The maximum Gasteiger partial charge on any atom is 0.243 e. The number of hydrogen-bond donors (Lipinski definition) is 15. The van der Waals surface area contributed by atoms with E-state index in [1.54, 1.807) is 86.6 Å². The number of aromatic hydroxyl groups is 2. The van der Waals surface area contributed by atoms with Gasteiger partial charge in [-0.05, 0) is 123 Å². The summed E-state index contributed by atoms with van der Waals surface area (Å²) in [6.07, 6.45) is 1.28. The smallest absolute Gasteiger partial charge is 0.243 e. The molecule has 22 N–H and O–H groups in total. The van der Waals surface area contributed by atoms with Crippen LogP contribution in [0.5, 0.6) is 11.5 Å². The summed E-state index contributed by atoms with van der Waals surface area (Å²) in [5.41, 5.74) is 43.5. The Balaban J connectivity index is 1.71. The Bertz CT molecular complexity index is 2720. The number of rotatable bonds is 33. The largest absolute Gasteiger partial charge is 0.508 e. The zero-order valence-electron chi connectivity index (χ0n) is 45.4. The van der Waals surface area contributed by atoms with Gasteiger partial charge in [0, 0.05) is 38.8 Å². The quantitative estimate of drug-likeness (QED) is 0.0154. The number of phenolic OH excluding ortho intramolecular Hbond substituents is 2. The molecule has 4 aromatic rings. The molecule has 432 valence electrons. The van der Waals surface area contributed by atoms with Crippen LogP contribution in [0.4, 0.5) is 0 Å². The van der Waals surface area contributed by atoms with Crippen molar-refractivity contribution in [1.82, 2.24) is 31.9 Å². The number of nitrogens with two attached hydrogens (primary N) is 7. The molecule has 0 bridgehead atoms. The minimum absolute atomic E-state index is 0.0285. The second-order valence-corrected chi connectivity index (χ2v) is 19.6. The first-order valence-corrected chi connectivity index (χ1v) is 26.5. The Morgan fingerprint density at radius 3 is 1.27 bits per heavy atom. The Morgan fingerprint density at radius 2 is 0.825 bits per heavy atom. The maximum atomic E-state index is 14.9. The van der Waals surface area contributed by atoms with Crippen molar-refractivity contribution in [3.63, 3.8) is 0 Å². The lowest BCUT2D eigenvalue weighted by Gasteiger charge is -2.28. The molecule has 0 aliphatic carbocycles. The second kappa shape index (κ2) is 32.8. The molecule has 7 atom stereocenters. The summed E-state index contributed by atoms with van der Waals surface area (Å²) in [5.74, 6) is -5.83. The number of nitrogens with one attached hydrogen (secondary N) is 6. The van der Waals surface area contributed by atoms with Crippen molar-refractivity contribution in [2.75, 3.05) is 19.6 Å². The van der Waals surface area contributed by atoms with Crippen molar-refractivity contribution in [1.29, 1.82) is 0 Å². The zero-order valence-corrected chi connectivity index (χ0v) is 45.4. The van der Waals surface area contributed by atoms with Crippen LogP contribution in [0, 0.1) is 13.8 Å². The fraction of sp³-hybridized carbons (Fsp3) is 0.411. The minimum atomic E-state index is -1.43. The topological polar surface area (TPSA) is 439 Å². The van der Waals surface area contributed by atoms with Gasteiger partial charge in [-0.15, -0.1) is 0 Å². The lowest BCUT2D eigenvalue weighted by Crippen LogP contribution is -2.60. The van der Waals surface area contributed by atoms with Crippen LogP contribution in [0.25, 0.3) is 0 Å². The van der Waals surface area contributed by atoms with Crippen molar-refractivity contribution in [2.45, 2.75) is 127 Å². The molecule has 0 unspecified atom stereocenters. The van der Waals surface area contributed by atoms with Gasteiger partial charge in [-0.25, -0.2) is 0 Å². The van der Waals surface area contributed by atoms with Gasteiger partial charge >= 0.3 is 0 Å². The number of aryl methyl sites for hydroxylation is 2. The fourth-order valence-electron chi connectivity index (χ4n) is 8.74. The highest BCUT2D eigenvalue weighted by Crippen LogP contribution is 2.23. The van der Waals surface area contributed by atoms with Crippen molar-refractivity contribution < 1.29 is 43.8 Å². The third-order valence-electron chi connectivity index (χ3n) is 13.1. The van der Waals surface area contributed by atoms with Gasteiger partial charge in [0.2, 0.25) is 41.4 Å². The summed E-state index contributed by atoms with van der Waals surface area (Å²) in [4.78, 5) is 107. The van der Waals surface area contributed by atoms with Crippen LogP contribution in [-0.4, -0.2) is 125 Å². The molecule has 0 fully saturated rings. The molecule has 0 radical (unpaired) electrons. The second-order valence-electron chi connectivity index (χ2n) is 19.6. The molecule has 0 aliphatic rings. The maximum absolute atomic E-state index is 14.9. The van der Waals surface area contributed by atoms with E-state index in [9.17, 15) is 43.8 Å². The van der Waals surface area contributed by atoms with E-state index in [0.717, 1.165) is 5.56 Å². The first kappa shape index (κ1) is 63.8. The number of aliphatic imine (C=N–C) groups is 2. The highest BCUT2D eigenvalue weighted by atomic mass is 16.3. The van der Waals surface area contributed by atoms with Gasteiger partial charge in [-0.3, -0.25) is 43.5 Å². The van der Waals surface area contributed by atoms with E-state index in [1.807, 2.05) is 0 Å². The molecule has 24 nitrogen and oxygen atoms in total. The number of carbonyl (C=O) groups is 7.